The molecule has 110 valence electrons. The van der Waals surface area contributed by atoms with Gasteiger partial charge in [0.05, 0.1) is 12.2 Å². The Kier molecular flexibility index (Phi) is 8.61. The molecule has 0 saturated carbocycles. The fraction of sp³-hybridized carbons (Fsp3) is 0.688. The van der Waals surface area contributed by atoms with Gasteiger partial charge in [0, 0.05) is 19.4 Å². The molecular formula is C16H28O3. The van der Waals surface area contributed by atoms with Gasteiger partial charge in [0.15, 0.2) is 0 Å². The number of rotatable bonds is 9. The Hall–Kier alpha value is -0.930. The van der Waals surface area contributed by atoms with E-state index in [4.69, 9.17) is 4.74 Å². The lowest BCUT2D eigenvalue weighted by Gasteiger charge is -2.17. The molecule has 0 aromatic heterocycles. The molecule has 3 heteroatoms. The number of ether oxygens (including phenoxy) is 1. The van der Waals surface area contributed by atoms with Crippen LogP contribution < -0.4 is 0 Å². The quantitative estimate of drug-likeness (QED) is 0.653. The lowest BCUT2D eigenvalue weighted by molar-refractivity contribution is -0.124. The summed E-state index contributed by atoms with van der Waals surface area (Å²) in [5, 5.41) is 10.1. The number of carbonyl (C=O) groups is 1. The van der Waals surface area contributed by atoms with Crippen LogP contribution in [0.2, 0.25) is 0 Å². The minimum absolute atomic E-state index is 0.0202. The van der Waals surface area contributed by atoms with E-state index >= 15 is 0 Å². The Balaban J connectivity index is 4.56. The highest BCUT2D eigenvalue weighted by Gasteiger charge is 2.18. The highest BCUT2D eigenvalue weighted by Crippen LogP contribution is 2.16. The zero-order valence-corrected chi connectivity index (χ0v) is 12.9. The van der Waals surface area contributed by atoms with Gasteiger partial charge in [0.2, 0.25) is 0 Å². The number of Topliss-reactive ketones (excluding diaryl/α,β-unsaturated/α-hetero) is 1. The fourth-order valence-corrected chi connectivity index (χ4v) is 1.91. The lowest BCUT2D eigenvalue weighted by atomic mass is 9.94. The summed E-state index contributed by atoms with van der Waals surface area (Å²) in [6.07, 6.45) is 2.92. The summed E-state index contributed by atoms with van der Waals surface area (Å²) in [7, 11) is 1.60. The van der Waals surface area contributed by atoms with E-state index < -0.39 is 6.10 Å². The number of carbonyl (C=O) groups excluding carboxylic acids is 1. The van der Waals surface area contributed by atoms with Crippen LogP contribution in [0.1, 0.15) is 47.0 Å². The maximum Gasteiger partial charge on any atom is 0.138 e. The standard InChI is InChI=1S/C16H28O3/c1-7-8-12(4)14(17)10-15(18)13(5)9-16(19-6)11(2)3/h9,12,15-16,18H,2,7-8,10H2,1,3-6H3/b13-9+/t12?,15-,16?/m0/s1. The van der Waals surface area contributed by atoms with Crippen LogP contribution >= 0.6 is 0 Å². The molecule has 3 atom stereocenters. The van der Waals surface area contributed by atoms with Crippen molar-refractivity contribution in [1.29, 1.82) is 0 Å². The Morgan fingerprint density at radius 1 is 1.42 bits per heavy atom. The van der Waals surface area contributed by atoms with Crippen LogP contribution in [0.15, 0.2) is 23.8 Å². The molecule has 0 aromatic rings. The molecule has 19 heavy (non-hydrogen) atoms. The van der Waals surface area contributed by atoms with Gasteiger partial charge in [-0.3, -0.25) is 4.79 Å². The van der Waals surface area contributed by atoms with E-state index in [1.165, 1.54) is 0 Å². The summed E-state index contributed by atoms with van der Waals surface area (Å²) in [6.45, 7) is 11.5. The van der Waals surface area contributed by atoms with Crippen molar-refractivity contribution in [2.24, 2.45) is 5.92 Å². The molecule has 0 amide bonds. The molecular weight excluding hydrogens is 240 g/mol. The van der Waals surface area contributed by atoms with E-state index in [9.17, 15) is 9.90 Å². The van der Waals surface area contributed by atoms with Crippen molar-refractivity contribution in [2.45, 2.75) is 59.2 Å². The smallest absolute Gasteiger partial charge is 0.138 e. The summed E-state index contributed by atoms with van der Waals surface area (Å²) < 4.78 is 5.25. The Morgan fingerprint density at radius 2 is 2.00 bits per heavy atom. The van der Waals surface area contributed by atoms with Crippen molar-refractivity contribution in [1.82, 2.24) is 0 Å². The monoisotopic (exact) mass is 268 g/mol. The number of hydrogen-bond acceptors (Lipinski definition) is 3. The maximum absolute atomic E-state index is 11.9. The van der Waals surface area contributed by atoms with E-state index in [2.05, 4.69) is 13.5 Å². The third-order valence-electron chi connectivity index (χ3n) is 3.35. The van der Waals surface area contributed by atoms with Crippen LogP contribution in [0, 0.1) is 5.92 Å². The average molecular weight is 268 g/mol. The molecule has 0 heterocycles. The number of ketones is 1. The highest BCUT2D eigenvalue weighted by molar-refractivity contribution is 5.81. The Bertz CT molecular complexity index is 331. The first-order valence-corrected chi connectivity index (χ1v) is 6.90. The van der Waals surface area contributed by atoms with Crippen LogP contribution in [-0.2, 0) is 9.53 Å². The van der Waals surface area contributed by atoms with Gasteiger partial charge in [-0.05, 0) is 31.4 Å². The number of aliphatic hydroxyl groups is 1. The second-order valence-electron chi connectivity index (χ2n) is 5.29. The molecule has 0 saturated heterocycles. The molecule has 0 aliphatic heterocycles. The van der Waals surface area contributed by atoms with Crippen molar-refractivity contribution in [3.05, 3.63) is 23.8 Å². The van der Waals surface area contributed by atoms with E-state index in [-0.39, 0.29) is 24.2 Å². The summed E-state index contributed by atoms with van der Waals surface area (Å²) in [6, 6.07) is 0. The molecule has 0 fully saturated rings. The second-order valence-corrected chi connectivity index (χ2v) is 5.29. The molecule has 0 aliphatic carbocycles. The van der Waals surface area contributed by atoms with Gasteiger partial charge in [0.1, 0.15) is 5.78 Å². The Labute approximate surface area is 117 Å². The average Bonchev–Trinajstić information content (AvgIpc) is 2.35. The number of aliphatic hydroxyl groups excluding tert-OH is 1. The maximum atomic E-state index is 11.9. The number of hydrogen-bond donors (Lipinski definition) is 1. The Morgan fingerprint density at radius 3 is 2.42 bits per heavy atom. The SMILES string of the molecule is C=C(C)C(/C=C(\C)[C@@H](O)CC(=O)C(C)CCC)OC. The molecule has 2 unspecified atom stereocenters. The van der Waals surface area contributed by atoms with Crippen LogP contribution in [0.3, 0.4) is 0 Å². The zero-order valence-electron chi connectivity index (χ0n) is 12.9. The van der Waals surface area contributed by atoms with Crippen molar-refractivity contribution in [2.75, 3.05) is 7.11 Å². The minimum atomic E-state index is -0.733. The first-order chi connectivity index (χ1) is 8.83. The predicted molar refractivity (Wildman–Crippen MR) is 79.1 cm³/mol. The van der Waals surface area contributed by atoms with E-state index in [1.807, 2.05) is 26.8 Å². The van der Waals surface area contributed by atoms with Gasteiger partial charge in [-0.25, -0.2) is 0 Å². The minimum Gasteiger partial charge on any atom is -0.388 e. The highest BCUT2D eigenvalue weighted by atomic mass is 16.5. The predicted octanol–water partition coefficient (Wildman–Crippen LogP) is 3.28. The van der Waals surface area contributed by atoms with Gasteiger partial charge >= 0.3 is 0 Å². The fourth-order valence-electron chi connectivity index (χ4n) is 1.91. The molecule has 0 aliphatic rings. The van der Waals surface area contributed by atoms with Crippen LogP contribution in [0.4, 0.5) is 0 Å². The van der Waals surface area contributed by atoms with Gasteiger partial charge < -0.3 is 9.84 Å². The van der Waals surface area contributed by atoms with Crippen LogP contribution in [-0.4, -0.2) is 30.2 Å². The first-order valence-electron chi connectivity index (χ1n) is 6.90. The van der Waals surface area contributed by atoms with Crippen molar-refractivity contribution >= 4 is 5.78 Å². The summed E-state index contributed by atoms with van der Waals surface area (Å²) in [5.41, 5.74) is 1.63. The number of methoxy groups -OCH3 is 1. The third-order valence-corrected chi connectivity index (χ3v) is 3.35. The van der Waals surface area contributed by atoms with Crippen LogP contribution in [0.5, 0.6) is 0 Å². The third kappa shape index (κ3) is 6.69. The van der Waals surface area contributed by atoms with Gasteiger partial charge in [-0.15, -0.1) is 0 Å². The largest absolute Gasteiger partial charge is 0.388 e. The lowest BCUT2D eigenvalue weighted by Crippen LogP contribution is -2.21. The van der Waals surface area contributed by atoms with Crippen LogP contribution in [0.25, 0.3) is 0 Å². The summed E-state index contributed by atoms with van der Waals surface area (Å²) >= 11 is 0. The first kappa shape index (κ1) is 18.1. The van der Waals surface area contributed by atoms with E-state index in [0.29, 0.717) is 0 Å². The molecule has 0 aromatic carbocycles. The second kappa shape index (κ2) is 9.05. The zero-order chi connectivity index (χ0) is 15.0. The molecule has 0 spiro atoms. The molecule has 1 N–H and O–H groups in total. The van der Waals surface area contributed by atoms with Gasteiger partial charge in [0.25, 0.3) is 0 Å². The molecule has 0 radical (unpaired) electrons. The van der Waals surface area contributed by atoms with E-state index in [1.54, 1.807) is 7.11 Å². The van der Waals surface area contributed by atoms with Crippen molar-refractivity contribution in [3.8, 4) is 0 Å². The molecule has 0 rings (SSSR count). The normalized spacial score (nSPS) is 16.8. The molecule has 3 nitrogen and oxygen atoms in total. The van der Waals surface area contributed by atoms with Gasteiger partial charge in [-0.2, -0.15) is 0 Å². The summed E-state index contributed by atoms with van der Waals surface area (Å²) in [4.78, 5) is 11.9. The topological polar surface area (TPSA) is 46.5 Å². The van der Waals surface area contributed by atoms with Crippen molar-refractivity contribution in [3.63, 3.8) is 0 Å². The van der Waals surface area contributed by atoms with E-state index in [0.717, 1.165) is 24.0 Å². The van der Waals surface area contributed by atoms with Gasteiger partial charge in [-0.1, -0.05) is 32.9 Å². The summed E-state index contributed by atoms with van der Waals surface area (Å²) in [5.74, 6) is 0.137. The molecule has 0 bridgehead atoms. The van der Waals surface area contributed by atoms with Crippen molar-refractivity contribution < 1.29 is 14.6 Å².